The van der Waals surface area contributed by atoms with Gasteiger partial charge in [-0.2, -0.15) is 0 Å². The van der Waals surface area contributed by atoms with Crippen LogP contribution in [0.2, 0.25) is 0 Å². The Morgan fingerprint density at radius 3 is 2.89 bits per heavy atom. The van der Waals surface area contributed by atoms with E-state index in [-0.39, 0.29) is 0 Å². The van der Waals surface area contributed by atoms with E-state index in [1.54, 1.807) is 6.33 Å². The molecule has 4 heteroatoms. The third-order valence-electron chi connectivity index (χ3n) is 3.77. The van der Waals surface area contributed by atoms with Crippen LogP contribution in [0.5, 0.6) is 0 Å². The van der Waals surface area contributed by atoms with E-state index in [2.05, 4.69) is 26.4 Å². The zero-order valence-electron chi connectivity index (χ0n) is 11.5. The monoisotopic (exact) mass is 256 g/mol. The molecule has 2 aromatic heterocycles. The molecule has 0 spiro atoms. The second-order valence-electron chi connectivity index (χ2n) is 5.15. The Bertz CT molecular complexity index is 559. The molecule has 1 aliphatic carbocycles. The summed E-state index contributed by atoms with van der Waals surface area (Å²) in [7, 11) is 0. The third-order valence-corrected chi connectivity index (χ3v) is 3.77. The van der Waals surface area contributed by atoms with Crippen molar-refractivity contribution in [1.82, 2.24) is 19.5 Å². The van der Waals surface area contributed by atoms with E-state index in [0.717, 1.165) is 37.3 Å². The molecule has 0 fully saturated rings. The van der Waals surface area contributed by atoms with Crippen LogP contribution in [0.4, 0.5) is 0 Å². The first-order chi connectivity index (χ1) is 9.40. The van der Waals surface area contributed by atoms with Crippen LogP contribution in [0, 0.1) is 0 Å². The highest BCUT2D eigenvalue weighted by atomic mass is 15.1. The summed E-state index contributed by atoms with van der Waals surface area (Å²) in [6.07, 6.45) is 13.7. The number of imidazole rings is 1. The van der Waals surface area contributed by atoms with Gasteiger partial charge in [0.05, 0.1) is 0 Å². The van der Waals surface area contributed by atoms with Crippen LogP contribution in [0.1, 0.15) is 49.7 Å². The molecule has 3 rings (SSSR count). The lowest BCUT2D eigenvalue weighted by molar-refractivity contribution is 0.707. The fraction of sp³-hybridized carbons (Fsp3) is 0.533. The van der Waals surface area contributed by atoms with Gasteiger partial charge in [0.25, 0.3) is 0 Å². The Morgan fingerprint density at radius 1 is 1.11 bits per heavy atom. The molecule has 0 atom stereocenters. The van der Waals surface area contributed by atoms with E-state index >= 15 is 0 Å². The summed E-state index contributed by atoms with van der Waals surface area (Å²) in [5.74, 6) is 2.15. The molecule has 0 aromatic carbocycles. The maximum absolute atomic E-state index is 4.53. The van der Waals surface area contributed by atoms with Gasteiger partial charge in [0.1, 0.15) is 18.0 Å². The highest BCUT2D eigenvalue weighted by Crippen LogP contribution is 2.24. The molecule has 2 heterocycles. The minimum absolute atomic E-state index is 0.992. The third kappa shape index (κ3) is 2.39. The van der Waals surface area contributed by atoms with E-state index in [1.165, 1.54) is 30.5 Å². The lowest BCUT2D eigenvalue weighted by Crippen LogP contribution is -2.09. The van der Waals surface area contributed by atoms with Crippen LogP contribution in [0.15, 0.2) is 18.7 Å². The molecule has 0 unspecified atom stereocenters. The van der Waals surface area contributed by atoms with Gasteiger partial charge in [0, 0.05) is 30.1 Å². The van der Waals surface area contributed by atoms with Crippen molar-refractivity contribution in [3.8, 4) is 5.82 Å². The molecule has 0 N–H and O–H groups in total. The van der Waals surface area contributed by atoms with Crippen LogP contribution in [-0.4, -0.2) is 19.5 Å². The summed E-state index contributed by atoms with van der Waals surface area (Å²) in [4.78, 5) is 13.5. The lowest BCUT2D eigenvalue weighted by Gasteiger charge is -2.13. The first kappa shape index (κ1) is 12.3. The van der Waals surface area contributed by atoms with Gasteiger partial charge < -0.3 is 0 Å². The topological polar surface area (TPSA) is 43.6 Å². The second-order valence-corrected chi connectivity index (χ2v) is 5.15. The molecular weight excluding hydrogens is 236 g/mol. The Balaban J connectivity index is 2.07. The van der Waals surface area contributed by atoms with E-state index in [1.807, 2.05) is 12.4 Å². The molecule has 1 aliphatic rings. The summed E-state index contributed by atoms with van der Waals surface area (Å²) in [5, 5.41) is 0. The summed E-state index contributed by atoms with van der Waals surface area (Å²) in [6, 6.07) is 0. The molecule has 0 bridgehead atoms. The zero-order chi connectivity index (χ0) is 13.1. The molecule has 2 aromatic rings. The van der Waals surface area contributed by atoms with E-state index < -0.39 is 0 Å². The zero-order valence-corrected chi connectivity index (χ0v) is 11.5. The van der Waals surface area contributed by atoms with Crippen molar-refractivity contribution in [2.75, 3.05) is 0 Å². The molecule has 0 saturated carbocycles. The molecule has 4 nitrogen and oxygen atoms in total. The number of rotatable bonds is 3. The number of hydrogen-bond donors (Lipinski definition) is 0. The number of aryl methyl sites for hydroxylation is 2. The van der Waals surface area contributed by atoms with Gasteiger partial charge in [0.15, 0.2) is 0 Å². The summed E-state index contributed by atoms with van der Waals surface area (Å²) in [6.45, 7) is 2.18. The average molecular weight is 256 g/mol. The van der Waals surface area contributed by atoms with Crippen molar-refractivity contribution >= 4 is 0 Å². The number of aromatic nitrogens is 4. The number of hydrogen-bond acceptors (Lipinski definition) is 3. The molecule has 0 radical (unpaired) electrons. The smallest absolute Gasteiger partial charge is 0.144 e. The Labute approximate surface area is 113 Å². The molecule has 100 valence electrons. The van der Waals surface area contributed by atoms with Crippen LogP contribution in [-0.2, 0) is 19.3 Å². The largest absolute Gasteiger partial charge is 0.288 e. The summed E-state index contributed by atoms with van der Waals surface area (Å²) in [5.41, 5.74) is 2.56. The van der Waals surface area contributed by atoms with Crippen LogP contribution < -0.4 is 0 Å². The van der Waals surface area contributed by atoms with Crippen molar-refractivity contribution in [1.29, 1.82) is 0 Å². The maximum atomic E-state index is 4.53. The van der Waals surface area contributed by atoms with Gasteiger partial charge in [-0.1, -0.05) is 13.3 Å². The first-order valence-electron chi connectivity index (χ1n) is 7.25. The van der Waals surface area contributed by atoms with Crippen LogP contribution in [0.3, 0.4) is 0 Å². The molecule has 19 heavy (non-hydrogen) atoms. The van der Waals surface area contributed by atoms with Crippen molar-refractivity contribution in [2.24, 2.45) is 0 Å². The Hall–Kier alpha value is -1.71. The normalized spacial score (nSPS) is 15.0. The Kier molecular flexibility index (Phi) is 3.58. The van der Waals surface area contributed by atoms with Crippen molar-refractivity contribution < 1.29 is 0 Å². The number of fused-ring (bicyclic) bond motifs is 1. The highest BCUT2D eigenvalue weighted by molar-refractivity contribution is 5.38. The minimum Gasteiger partial charge on any atom is -0.288 e. The standard InChI is InChI=1S/C15H20N4/c1-2-6-14-16-9-10-19(14)15-12-7-4-3-5-8-13(12)17-11-18-15/h9-11H,2-8H2,1H3. The quantitative estimate of drug-likeness (QED) is 0.793. The van der Waals surface area contributed by atoms with Crippen molar-refractivity contribution in [3.05, 3.63) is 35.8 Å². The predicted molar refractivity (Wildman–Crippen MR) is 74.4 cm³/mol. The average Bonchev–Trinajstić information content (AvgIpc) is 2.74. The predicted octanol–water partition coefficient (Wildman–Crippen LogP) is 2.88. The first-order valence-corrected chi connectivity index (χ1v) is 7.25. The van der Waals surface area contributed by atoms with Crippen molar-refractivity contribution in [3.63, 3.8) is 0 Å². The minimum atomic E-state index is 0.992. The molecule has 0 amide bonds. The van der Waals surface area contributed by atoms with Gasteiger partial charge in [-0.3, -0.25) is 4.57 Å². The lowest BCUT2D eigenvalue weighted by atomic mass is 10.1. The van der Waals surface area contributed by atoms with Gasteiger partial charge in [-0.25, -0.2) is 15.0 Å². The summed E-state index contributed by atoms with van der Waals surface area (Å²) < 4.78 is 2.15. The van der Waals surface area contributed by atoms with Crippen LogP contribution in [0.25, 0.3) is 5.82 Å². The second kappa shape index (κ2) is 5.51. The summed E-state index contributed by atoms with van der Waals surface area (Å²) >= 11 is 0. The van der Waals surface area contributed by atoms with Gasteiger partial charge in [0.2, 0.25) is 0 Å². The SMILES string of the molecule is CCCc1nccn1-c1ncnc2c1CCCCC2. The maximum Gasteiger partial charge on any atom is 0.144 e. The Morgan fingerprint density at radius 2 is 2.00 bits per heavy atom. The highest BCUT2D eigenvalue weighted by Gasteiger charge is 2.16. The molecular formula is C15H20N4. The van der Waals surface area contributed by atoms with Crippen molar-refractivity contribution in [2.45, 2.75) is 51.9 Å². The fourth-order valence-electron chi connectivity index (χ4n) is 2.82. The molecule has 0 aliphatic heterocycles. The van der Waals surface area contributed by atoms with Gasteiger partial charge in [-0.15, -0.1) is 0 Å². The number of nitrogens with zero attached hydrogens (tertiary/aromatic N) is 4. The van der Waals surface area contributed by atoms with Crippen LogP contribution >= 0.6 is 0 Å². The van der Waals surface area contributed by atoms with Gasteiger partial charge in [-0.05, 0) is 32.1 Å². The van der Waals surface area contributed by atoms with E-state index in [9.17, 15) is 0 Å². The molecule has 0 saturated heterocycles. The fourth-order valence-corrected chi connectivity index (χ4v) is 2.82. The van der Waals surface area contributed by atoms with E-state index in [0.29, 0.717) is 0 Å². The van der Waals surface area contributed by atoms with E-state index in [4.69, 9.17) is 0 Å². The van der Waals surface area contributed by atoms with Gasteiger partial charge >= 0.3 is 0 Å².